The lowest BCUT2D eigenvalue weighted by Crippen LogP contribution is -2.32. The summed E-state index contributed by atoms with van der Waals surface area (Å²) in [7, 11) is 0. The smallest absolute Gasteiger partial charge is 0.241 e. The summed E-state index contributed by atoms with van der Waals surface area (Å²) in [6, 6.07) is 20.1. The molecular weight excluding hydrogens is 496 g/mol. The van der Waals surface area contributed by atoms with Crippen LogP contribution in [0, 0.1) is 13.8 Å². The summed E-state index contributed by atoms with van der Waals surface area (Å²) in [5, 5.41) is 5.71. The van der Waals surface area contributed by atoms with E-state index in [0.717, 1.165) is 20.1 Å². The molecule has 29 heavy (non-hydrogen) atoms. The maximum Gasteiger partial charge on any atom is 0.241 e. The van der Waals surface area contributed by atoms with Gasteiger partial charge in [0.2, 0.25) is 11.8 Å². The molecule has 0 saturated carbocycles. The number of hydrogen-bond donors (Lipinski definition) is 2. The van der Waals surface area contributed by atoms with Crippen molar-refractivity contribution in [1.82, 2.24) is 0 Å². The van der Waals surface area contributed by atoms with Crippen LogP contribution in [0.3, 0.4) is 0 Å². The second-order valence-electron chi connectivity index (χ2n) is 6.75. The minimum Gasteiger partial charge on any atom is -0.325 e. The summed E-state index contributed by atoms with van der Waals surface area (Å²) < 4.78 is 1.78. The van der Waals surface area contributed by atoms with Gasteiger partial charge in [-0.05, 0) is 54.8 Å². The fraction of sp³-hybridized carbons (Fsp3) is 0.130. The first kappa shape index (κ1) is 21.3. The van der Waals surface area contributed by atoms with Crippen molar-refractivity contribution in [3.63, 3.8) is 0 Å². The van der Waals surface area contributed by atoms with Crippen LogP contribution in [0.5, 0.6) is 0 Å². The van der Waals surface area contributed by atoms with Crippen LogP contribution in [0.25, 0.3) is 0 Å². The molecule has 0 atom stereocenters. The molecule has 6 heteroatoms. The van der Waals surface area contributed by atoms with Crippen LogP contribution in [0.4, 0.5) is 11.4 Å². The molecule has 0 aliphatic heterocycles. The molecule has 0 unspecified atom stereocenters. The molecule has 0 aliphatic rings. The average molecular weight is 516 g/mol. The zero-order valence-electron chi connectivity index (χ0n) is 16.0. The normalized spacial score (nSPS) is 10.7. The molecule has 0 radical (unpaired) electrons. The molecule has 3 rings (SSSR count). The summed E-state index contributed by atoms with van der Waals surface area (Å²) in [5.74, 6) is -1.78. The van der Waals surface area contributed by atoms with Crippen molar-refractivity contribution in [1.29, 1.82) is 0 Å². The van der Waals surface area contributed by atoms with Gasteiger partial charge in [-0.15, -0.1) is 0 Å². The van der Waals surface area contributed by atoms with E-state index in [1.54, 1.807) is 12.1 Å². The van der Waals surface area contributed by atoms with E-state index in [4.69, 9.17) is 0 Å². The van der Waals surface area contributed by atoms with Gasteiger partial charge in [0.15, 0.2) is 0 Å². The Morgan fingerprint density at radius 2 is 1.17 bits per heavy atom. The van der Waals surface area contributed by atoms with Crippen molar-refractivity contribution >= 4 is 55.0 Å². The van der Waals surface area contributed by atoms with Gasteiger partial charge in [0, 0.05) is 20.3 Å². The Kier molecular flexibility index (Phi) is 6.87. The van der Waals surface area contributed by atoms with Gasteiger partial charge in [-0.2, -0.15) is 0 Å². The topological polar surface area (TPSA) is 58.2 Å². The number of hydrogen-bond acceptors (Lipinski definition) is 2. The predicted octanol–water partition coefficient (Wildman–Crippen LogP) is 6.19. The van der Waals surface area contributed by atoms with Crippen LogP contribution >= 0.6 is 31.9 Å². The van der Waals surface area contributed by atoms with Gasteiger partial charge in [0.25, 0.3) is 0 Å². The first-order valence-corrected chi connectivity index (χ1v) is 10.6. The molecular formula is C23H20Br2N2O2. The minimum absolute atomic E-state index is 0.393. The molecule has 0 spiro atoms. The van der Waals surface area contributed by atoms with Crippen LogP contribution in [-0.4, -0.2) is 11.8 Å². The summed E-state index contributed by atoms with van der Waals surface area (Å²) in [6.45, 7) is 3.94. The Morgan fingerprint density at radius 1 is 0.724 bits per heavy atom. The largest absolute Gasteiger partial charge is 0.325 e. The Hall–Kier alpha value is -2.44. The molecule has 0 saturated heterocycles. The van der Waals surface area contributed by atoms with E-state index in [0.29, 0.717) is 16.9 Å². The summed E-state index contributed by atoms with van der Waals surface area (Å²) in [6.07, 6.45) is 0. The maximum atomic E-state index is 13.1. The quantitative estimate of drug-likeness (QED) is 0.398. The lowest BCUT2D eigenvalue weighted by Gasteiger charge is -2.18. The number of anilines is 2. The fourth-order valence-electron chi connectivity index (χ4n) is 2.84. The van der Waals surface area contributed by atoms with Gasteiger partial charge in [-0.25, -0.2) is 0 Å². The number of halogens is 2. The van der Waals surface area contributed by atoms with Crippen LogP contribution in [0.2, 0.25) is 0 Å². The molecule has 3 aromatic carbocycles. The molecule has 148 valence electrons. The van der Waals surface area contributed by atoms with Crippen molar-refractivity contribution < 1.29 is 9.59 Å². The highest BCUT2D eigenvalue weighted by Gasteiger charge is 2.29. The first-order chi connectivity index (χ1) is 13.8. The van der Waals surface area contributed by atoms with Crippen molar-refractivity contribution in [2.75, 3.05) is 10.6 Å². The van der Waals surface area contributed by atoms with Gasteiger partial charge >= 0.3 is 0 Å². The standard InChI is InChI=1S/C23H20Br2N2O2/c1-14-8-10-17(12-19(14)24)26-22(28)21(16-6-4-3-5-7-16)23(29)27-18-11-9-15(2)20(25)13-18/h3-13,21H,1-2H3,(H,26,28)(H,27,29). The van der Waals surface area contributed by atoms with E-state index in [1.807, 2.05) is 68.4 Å². The molecule has 0 fully saturated rings. The van der Waals surface area contributed by atoms with Crippen LogP contribution in [-0.2, 0) is 9.59 Å². The van der Waals surface area contributed by atoms with Crippen LogP contribution in [0.15, 0.2) is 75.7 Å². The van der Waals surface area contributed by atoms with Gasteiger partial charge in [-0.3, -0.25) is 9.59 Å². The number of carbonyl (C=O) groups excluding carboxylic acids is 2. The third kappa shape index (κ3) is 5.34. The second-order valence-corrected chi connectivity index (χ2v) is 8.46. The zero-order valence-corrected chi connectivity index (χ0v) is 19.2. The average Bonchev–Trinajstić information content (AvgIpc) is 2.68. The third-order valence-electron chi connectivity index (χ3n) is 4.54. The molecule has 3 aromatic rings. The van der Waals surface area contributed by atoms with Gasteiger partial charge in [0.05, 0.1) is 0 Å². The van der Waals surface area contributed by atoms with Gasteiger partial charge < -0.3 is 10.6 Å². The fourth-order valence-corrected chi connectivity index (χ4v) is 3.59. The van der Waals surface area contributed by atoms with E-state index in [-0.39, 0.29) is 0 Å². The Labute approximate surface area is 187 Å². The number of nitrogens with one attached hydrogen (secondary N) is 2. The monoisotopic (exact) mass is 514 g/mol. The van der Waals surface area contributed by atoms with E-state index in [1.165, 1.54) is 0 Å². The maximum absolute atomic E-state index is 13.1. The minimum atomic E-state index is -0.989. The van der Waals surface area contributed by atoms with Crippen molar-refractivity contribution in [2.24, 2.45) is 0 Å². The molecule has 2 N–H and O–H groups in total. The number of amides is 2. The molecule has 0 aliphatic carbocycles. The highest BCUT2D eigenvalue weighted by atomic mass is 79.9. The van der Waals surface area contributed by atoms with Gasteiger partial charge in [0.1, 0.15) is 5.92 Å². The second kappa shape index (κ2) is 9.37. The first-order valence-electron chi connectivity index (χ1n) is 9.04. The molecule has 4 nitrogen and oxygen atoms in total. The Balaban J connectivity index is 1.87. The number of rotatable bonds is 5. The van der Waals surface area contributed by atoms with Crippen molar-refractivity contribution in [3.8, 4) is 0 Å². The van der Waals surface area contributed by atoms with Gasteiger partial charge in [-0.1, -0.05) is 74.3 Å². The summed E-state index contributed by atoms with van der Waals surface area (Å²) in [4.78, 5) is 26.1. The SMILES string of the molecule is Cc1ccc(NC(=O)C(C(=O)Nc2ccc(C)c(Br)c2)c2ccccc2)cc1Br. The number of benzene rings is 3. The molecule has 2 amide bonds. The number of carbonyl (C=O) groups is 2. The van der Waals surface area contributed by atoms with Crippen molar-refractivity contribution in [2.45, 2.75) is 19.8 Å². The van der Waals surface area contributed by atoms with E-state index < -0.39 is 17.7 Å². The van der Waals surface area contributed by atoms with Crippen molar-refractivity contribution in [3.05, 3.63) is 92.4 Å². The van der Waals surface area contributed by atoms with Crippen LogP contribution < -0.4 is 10.6 Å². The van der Waals surface area contributed by atoms with E-state index in [9.17, 15) is 9.59 Å². The molecule has 0 aromatic heterocycles. The lowest BCUT2D eigenvalue weighted by atomic mass is 9.96. The number of aryl methyl sites for hydroxylation is 2. The Bertz CT molecular complexity index is 986. The lowest BCUT2D eigenvalue weighted by molar-refractivity contribution is -0.125. The predicted molar refractivity (Wildman–Crippen MR) is 124 cm³/mol. The highest BCUT2D eigenvalue weighted by molar-refractivity contribution is 9.10. The molecule has 0 heterocycles. The third-order valence-corrected chi connectivity index (χ3v) is 6.24. The van der Waals surface area contributed by atoms with E-state index >= 15 is 0 Å². The Morgan fingerprint density at radius 3 is 1.59 bits per heavy atom. The van der Waals surface area contributed by atoms with Crippen LogP contribution in [0.1, 0.15) is 22.6 Å². The zero-order chi connectivity index (χ0) is 21.0. The van der Waals surface area contributed by atoms with E-state index in [2.05, 4.69) is 42.5 Å². The summed E-state index contributed by atoms with van der Waals surface area (Å²) >= 11 is 6.94. The highest BCUT2D eigenvalue weighted by Crippen LogP contribution is 2.25. The molecule has 0 bridgehead atoms. The summed E-state index contributed by atoms with van der Waals surface area (Å²) in [5.41, 5.74) is 3.99.